The van der Waals surface area contributed by atoms with E-state index in [2.05, 4.69) is 37.3 Å². The number of rotatable bonds is 4. The first kappa shape index (κ1) is 14.2. The van der Waals surface area contributed by atoms with Crippen molar-refractivity contribution in [3.05, 3.63) is 65.2 Å². The van der Waals surface area contributed by atoms with Crippen molar-refractivity contribution in [1.82, 2.24) is 0 Å². The van der Waals surface area contributed by atoms with Crippen LogP contribution in [0.1, 0.15) is 16.7 Å². The van der Waals surface area contributed by atoms with Crippen LogP contribution in [-0.4, -0.2) is 18.2 Å². The van der Waals surface area contributed by atoms with Crippen molar-refractivity contribution in [3.8, 4) is 0 Å². The second kappa shape index (κ2) is 6.35. The minimum absolute atomic E-state index is 0.220. The summed E-state index contributed by atoms with van der Waals surface area (Å²) in [4.78, 5) is 14.3. The molecule has 1 amide bonds. The van der Waals surface area contributed by atoms with Crippen molar-refractivity contribution in [1.29, 1.82) is 0 Å². The van der Waals surface area contributed by atoms with Gasteiger partial charge in [0.25, 0.3) is 0 Å². The lowest BCUT2D eigenvalue weighted by molar-refractivity contribution is -0.116. The van der Waals surface area contributed by atoms with Crippen molar-refractivity contribution in [3.63, 3.8) is 0 Å². The molecular weight excluding hydrogens is 278 g/mol. The van der Waals surface area contributed by atoms with Gasteiger partial charge in [0.15, 0.2) is 0 Å². The summed E-state index contributed by atoms with van der Waals surface area (Å²) in [5, 5.41) is 0. The predicted molar refractivity (Wildman–Crippen MR) is 89.8 cm³/mol. The molecule has 2 nitrogen and oxygen atoms in total. The minimum atomic E-state index is 0.220. The highest BCUT2D eigenvalue weighted by molar-refractivity contribution is 7.99. The number of thioether (sulfide) groups is 1. The molecule has 0 unspecified atom stereocenters. The van der Waals surface area contributed by atoms with E-state index in [9.17, 15) is 4.79 Å². The summed E-state index contributed by atoms with van der Waals surface area (Å²) in [6.45, 7) is 2.91. The van der Waals surface area contributed by atoms with Crippen molar-refractivity contribution in [2.45, 2.75) is 19.1 Å². The molecule has 0 aromatic heterocycles. The first-order chi connectivity index (χ1) is 10.2. The highest BCUT2D eigenvalue weighted by atomic mass is 32.2. The lowest BCUT2D eigenvalue weighted by atomic mass is 10.2. The van der Waals surface area contributed by atoms with Crippen LogP contribution in [0.4, 0.5) is 5.69 Å². The maximum absolute atomic E-state index is 12.4. The van der Waals surface area contributed by atoms with E-state index in [1.54, 1.807) is 11.8 Å². The largest absolute Gasteiger partial charge is 0.311 e. The first-order valence-corrected chi connectivity index (χ1v) is 8.41. The average molecular weight is 297 g/mol. The van der Waals surface area contributed by atoms with E-state index in [1.165, 1.54) is 16.7 Å². The smallest absolute Gasteiger partial charge is 0.237 e. The Labute approximate surface area is 130 Å². The van der Waals surface area contributed by atoms with Gasteiger partial charge in [-0.1, -0.05) is 48.0 Å². The number of hydrogen-bond donors (Lipinski definition) is 0. The van der Waals surface area contributed by atoms with Crippen molar-refractivity contribution >= 4 is 23.4 Å². The van der Waals surface area contributed by atoms with Crippen LogP contribution in [0.25, 0.3) is 0 Å². The maximum atomic E-state index is 12.4. The fourth-order valence-corrected chi connectivity index (χ4v) is 3.48. The molecule has 0 fully saturated rings. The van der Waals surface area contributed by atoms with Crippen LogP contribution in [0, 0.1) is 6.92 Å². The zero-order valence-corrected chi connectivity index (χ0v) is 13.0. The SMILES string of the molecule is Cc1ccc(CSCC(=O)N2CCc3ccccc32)cc1. The third-order valence-electron chi connectivity index (χ3n) is 3.80. The van der Waals surface area contributed by atoms with Gasteiger partial charge in [0, 0.05) is 18.0 Å². The Bertz CT molecular complexity index is 636. The molecule has 3 heteroatoms. The molecular formula is C18H19NOS. The first-order valence-electron chi connectivity index (χ1n) is 7.25. The summed E-state index contributed by atoms with van der Waals surface area (Å²) in [6, 6.07) is 16.7. The fourth-order valence-electron chi connectivity index (χ4n) is 2.62. The summed E-state index contributed by atoms with van der Waals surface area (Å²) >= 11 is 1.69. The summed E-state index contributed by atoms with van der Waals surface area (Å²) in [6.07, 6.45) is 0.977. The zero-order chi connectivity index (χ0) is 14.7. The number of nitrogens with zero attached hydrogens (tertiary/aromatic N) is 1. The van der Waals surface area contributed by atoms with E-state index in [1.807, 2.05) is 23.1 Å². The second-order valence-corrected chi connectivity index (χ2v) is 6.39. The summed E-state index contributed by atoms with van der Waals surface area (Å²) < 4.78 is 0. The normalized spacial score (nSPS) is 13.3. The van der Waals surface area contributed by atoms with Gasteiger partial charge in [-0.25, -0.2) is 0 Å². The van der Waals surface area contributed by atoms with Gasteiger partial charge in [-0.15, -0.1) is 11.8 Å². The summed E-state index contributed by atoms with van der Waals surface area (Å²) in [7, 11) is 0. The summed E-state index contributed by atoms with van der Waals surface area (Å²) in [5.41, 5.74) is 4.93. The molecule has 21 heavy (non-hydrogen) atoms. The second-order valence-electron chi connectivity index (χ2n) is 5.40. The van der Waals surface area contributed by atoms with Crippen LogP contribution in [0.3, 0.4) is 0 Å². The molecule has 0 atom stereocenters. The molecule has 0 radical (unpaired) electrons. The van der Waals surface area contributed by atoms with Crippen LogP contribution in [-0.2, 0) is 17.0 Å². The Morgan fingerprint density at radius 1 is 1.14 bits per heavy atom. The molecule has 1 aliphatic heterocycles. The van der Waals surface area contributed by atoms with Crippen LogP contribution in [0.2, 0.25) is 0 Å². The van der Waals surface area contributed by atoms with E-state index in [0.29, 0.717) is 5.75 Å². The quantitative estimate of drug-likeness (QED) is 0.855. The Morgan fingerprint density at radius 2 is 1.90 bits per heavy atom. The Kier molecular flexibility index (Phi) is 4.30. The number of carbonyl (C=O) groups excluding carboxylic acids is 1. The van der Waals surface area contributed by atoms with Gasteiger partial charge in [0.1, 0.15) is 0 Å². The monoisotopic (exact) mass is 297 g/mol. The zero-order valence-electron chi connectivity index (χ0n) is 12.2. The highest BCUT2D eigenvalue weighted by Gasteiger charge is 2.23. The molecule has 0 saturated carbocycles. The topological polar surface area (TPSA) is 20.3 Å². The number of para-hydroxylation sites is 1. The van der Waals surface area contributed by atoms with Crippen molar-refractivity contribution in [2.24, 2.45) is 0 Å². The number of hydrogen-bond acceptors (Lipinski definition) is 2. The van der Waals surface area contributed by atoms with Gasteiger partial charge >= 0.3 is 0 Å². The van der Waals surface area contributed by atoms with Gasteiger partial charge in [-0.2, -0.15) is 0 Å². The Morgan fingerprint density at radius 3 is 2.71 bits per heavy atom. The fraction of sp³-hybridized carbons (Fsp3) is 0.278. The van der Waals surface area contributed by atoms with Crippen LogP contribution >= 0.6 is 11.8 Å². The van der Waals surface area contributed by atoms with E-state index in [0.717, 1.165) is 24.4 Å². The molecule has 3 rings (SSSR count). The van der Waals surface area contributed by atoms with E-state index in [-0.39, 0.29) is 5.91 Å². The van der Waals surface area contributed by atoms with E-state index >= 15 is 0 Å². The average Bonchev–Trinajstić information content (AvgIpc) is 2.93. The number of amides is 1. The number of aryl methyl sites for hydroxylation is 1. The maximum Gasteiger partial charge on any atom is 0.237 e. The molecule has 2 aromatic rings. The molecule has 0 aliphatic carbocycles. The van der Waals surface area contributed by atoms with E-state index in [4.69, 9.17) is 0 Å². The van der Waals surface area contributed by atoms with Gasteiger partial charge in [0.05, 0.1) is 5.75 Å². The number of benzene rings is 2. The predicted octanol–water partition coefficient (Wildman–Crippen LogP) is 3.82. The molecule has 0 N–H and O–H groups in total. The van der Waals surface area contributed by atoms with Gasteiger partial charge < -0.3 is 4.90 Å². The molecule has 0 saturated heterocycles. The van der Waals surface area contributed by atoms with Crippen molar-refractivity contribution < 1.29 is 4.79 Å². The Hall–Kier alpha value is -1.74. The molecule has 0 bridgehead atoms. The number of anilines is 1. The lowest BCUT2D eigenvalue weighted by Crippen LogP contribution is -2.30. The summed E-state index contributed by atoms with van der Waals surface area (Å²) in [5.74, 6) is 1.65. The van der Waals surface area contributed by atoms with Crippen molar-refractivity contribution in [2.75, 3.05) is 17.2 Å². The molecule has 1 aliphatic rings. The van der Waals surface area contributed by atoms with Crippen LogP contribution in [0.5, 0.6) is 0 Å². The van der Waals surface area contributed by atoms with Crippen LogP contribution in [0.15, 0.2) is 48.5 Å². The third kappa shape index (κ3) is 3.30. The van der Waals surface area contributed by atoms with E-state index < -0.39 is 0 Å². The number of fused-ring (bicyclic) bond motifs is 1. The number of carbonyl (C=O) groups is 1. The Balaban J connectivity index is 1.54. The molecule has 0 spiro atoms. The van der Waals surface area contributed by atoms with Gasteiger partial charge in [-0.05, 0) is 30.5 Å². The minimum Gasteiger partial charge on any atom is -0.311 e. The van der Waals surface area contributed by atoms with Gasteiger partial charge in [0.2, 0.25) is 5.91 Å². The third-order valence-corrected chi connectivity index (χ3v) is 4.79. The van der Waals surface area contributed by atoms with Crippen LogP contribution < -0.4 is 4.90 Å². The highest BCUT2D eigenvalue weighted by Crippen LogP contribution is 2.28. The van der Waals surface area contributed by atoms with Gasteiger partial charge in [-0.3, -0.25) is 4.79 Å². The molecule has 1 heterocycles. The lowest BCUT2D eigenvalue weighted by Gasteiger charge is -2.17. The standard InChI is InChI=1S/C18H19NOS/c1-14-6-8-15(9-7-14)12-21-13-18(20)19-11-10-16-4-2-3-5-17(16)19/h2-9H,10-13H2,1H3. The molecule has 2 aromatic carbocycles. The molecule has 108 valence electrons.